The minimum Gasteiger partial charge on any atom is -0.382 e. The molecule has 0 N–H and O–H groups in total. The Kier molecular flexibility index (Phi) is 6.34. The molecule has 0 fully saturated rings. The van der Waals surface area contributed by atoms with Crippen molar-refractivity contribution in [2.75, 3.05) is 27.9 Å². The van der Waals surface area contributed by atoms with Crippen LogP contribution < -0.4 is 0 Å². The molecule has 0 bridgehead atoms. The van der Waals surface area contributed by atoms with E-state index in [0.717, 1.165) is 0 Å². The summed E-state index contributed by atoms with van der Waals surface area (Å²) in [7, 11) is 5.05. The summed E-state index contributed by atoms with van der Waals surface area (Å²) in [5, 5.41) is 0. The van der Waals surface area contributed by atoms with Gasteiger partial charge in [0.15, 0.2) is 0 Å². The highest BCUT2D eigenvalue weighted by molar-refractivity contribution is 4.72. The molecule has 2 atom stereocenters. The molecule has 74 valence electrons. The fourth-order valence-corrected chi connectivity index (χ4v) is 1.31. The van der Waals surface area contributed by atoms with Gasteiger partial charge in [-0.2, -0.15) is 0 Å². The molecule has 0 spiro atoms. The van der Waals surface area contributed by atoms with Crippen LogP contribution in [-0.4, -0.2) is 40.1 Å². The van der Waals surface area contributed by atoms with Crippen LogP contribution in [0.1, 0.15) is 13.8 Å². The molecule has 3 nitrogen and oxygen atoms in total. The third-order valence-corrected chi connectivity index (χ3v) is 1.93. The second-order valence-corrected chi connectivity index (χ2v) is 3.17. The van der Waals surface area contributed by atoms with Crippen molar-refractivity contribution in [3.05, 3.63) is 0 Å². The minimum atomic E-state index is 0.0278. The van der Waals surface area contributed by atoms with Crippen LogP contribution in [-0.2, 0) is 14.2 Å². The van der Waals surface area contributed by atoms with E-state index in [0.29, 0.717) is 12.5 Å². The Labute approximate surface area is 75.0 Å². The molecule has 0 heterocycles. The zero-order chi connectivity index (χ0) is 9.56. The van der Waals surface area contributed by atoms with E-state index in [-0.39, 0.29) is 12.2 Å². The lowest BCUT2D eigenvalue weighted by Gasteiger charge is -2.27. The van der Waals surface area contributed by atoms with Gasteiger partial charge < -0.3 is 14.2 Å². The van der Waals surface area contributed by atoms with Crippen LogP contribution in [0.5, 0.6) is 0 Å². The van der Waals surface area contributed by atoms with E-state index in [1.807, 2.05) is 0 Å². The van der Waals surface area contributed by atoms with Crippen LogP contribution in [0.4, 0.5) is 0 Å². The molecule has 0 aromatic carbocycles. The number of hydrogen-bond donors (Lipinski definition) is 0. The molecule has 0 aromatic heterocycles. The monoisotopic (exact) mass is 176 g/mol. The normalized spacial score (nSPS) is 16.5. The highest BCUT2D eigenvalue weighted by atomic mass is 16.6. The largest absolute Gasteiger partial charge is 0.382 e. The van der Waals surface area contributed by atoms with Gasteiger partial charge in [0.2, 0.25) is 0 Å². The van der Waals surface area contributed by atoms with E-state index in [2.05, 4.69) is 13.8 Å². The van der Waals surface area contributed by atoms with Crippen LogP contribution in [0.2, 0.25) is 0 Å². The summed E-state index contributed by atoms with van der Waals surface area (Å²) < 4.78 is 15.6. The first-order valence-electron chi connectivity index (χ1n) is 4.21. The molecule has 0 aliphatic carbocycles. The first kappa shape index (κ1) is 11.9. The van der Waals surface area contributed by atoms with Gasteiger partial charge in [-0.1, -0.05) is 13.8 Å². The fourth-order valence-electron chi connectivity index (χ4n) is 1.31. The van der Waals surface area contributed by atoms with Crippen molar-refractivity contribution in [3.8, 4) is 0 Å². The highest BCUT2D eigenvalue weighted by Gasteiger charge is 2.23. The summed E-state index contributed by atoms with van der Waals surface area (Å²) in [4.78, 5) is 0. The zero-order valence-electron chi connectivity index (χ0n) is 8.66. The SMILES string of the molecule is COC[C@@H](OC)[C@@H](OC)C(C)C. The molecule has 0 radical (unpaired) electrons. The Balaban J connectivity index is 4.02. The van der Waals surface area contributed by atoms with E-state index in [1.54, 1.807) is 21.3 Å². The lowest BCUT2D eigenvalue weighted by atomic mass is 10.0. The lowest BCUT2D eigenvalue weighted by Crippen LogP contribution is -2.37. The Hall–Kier alpha value is -0.120. The molecule has 0 saturated heterocycles. The number of ether oxygens (including phenoxy) is 3. The van der Waals surface area contributed by atoms with E-state index >= 15 is 0 Å². The Morgan fingerprint density at radius 1 is 1.00 bits per heavy atom. The summed E-state index contributed by atoms with van der Waals surface area (Å²) in [6.07, 6.45) is 0.134. The van der Waals surface area contributed by atoms with Crippen molar-refractivity contribution in [1.29, 1.82) is 0 Å². The molecule has 3 heteroatoms. The number of rotatable bonds is 6. The van der Waals surface area contributed by atoms with Gasteiger partial charge in [0.25, 0.3) is 0 Å². The Bertz CT molecular complexity index is 104. The maximum absolute atomic E-state index is 5.31. The van der Waals surface area contributed by atoms with Gasteiger partial charge in [-0.05, 0) is 5.92 Å². The van der Waals surface area contributed by atoms with Gasteiger partial charge in [-0.15, -0.1) is 0 Å². The van der Waals surface area contributed by atoms with Crippen molar-refractivity contribution in [2.45, 2.75) is 26.1 Å². The van der Waals surface area contributed by atoms with Crippen LogP contribution >= 0.6 is 0 Å². The Morgan fingerprint density at radius 3 is 1.83 bits per heavy atom. The van der Waals surface area contributed by atoms with Gasteiger partial charge in [0, 0.05) is 21.3 Å². The third-order valence-electron chi connectivity index (χ3n) is 1.93. The summed E-state index contributed by atoms with van der Waals surface area (Å²) >= 11 is 0. The molecule has 0 amide bonds. The third kappa shape index (κ3) is 3.52. The summed E-state index contributed by atoms with van der Waals surface area (Å²) in [6, 6.07) is 0. The van der Waals surface area contributed by atoms with Crippen LogP contribution in [0.25, 0.3) is 0 Å². The van der Waals surface area contributed by atoms with Gasteiger partial charge >= 0.3 is 0 Å². The predicted molar refractivity (Wildman–Crippen MR) is 48.3 cm³/mol. The fraction of sp³-hybridized carbons (Fsp3) is 1.00. The number of methoxy groups -OCH3 is 3. The number of hydrogen-bond acceptors (Lipinski definition) is 3. The smallest absolute Gasteiger partial charge is 0.107 e. The second kappa shape index (κ2) is 6.40. The molecule has 12 heavy (non-hydrogen) atoms. The standard InChI is InChI=1S/C9H20O3/c1-7(2)9(12-5)8(11-4)6-10-3/h7-9H,6H2,1-5H3/t8-,9+/m1/s1. The molecule has 0 unspecified atom stereocenters. The quantitative estimate of drug-likeness (QED) is 0.611. The van der Waals surface area contributed by atoms with Gasteiger partial charge in [0.05, 0.1) is 12.7 Å². The van der Waals surface area contributed by atoms with E-state index in [1.165, 1.54) is 0 Å². The molecule has 0 aliphatic heterocycles. The Morgan fingerprint density at radius 2 is 1.58 bits per heavy atom. The molecule has 0 saturated carbocycles. The predicted octanol–water partition coefficient (Wildman–Crippen LogP) is 1.32. The molecular formula is C9H20O3. The average molecular weight is 176 g/mol. The van der Waals surface area contributed by atoms with Crippen LogP contribution in [0.3, 0.4) is 0 Å². The summed E-state index contributed by atoms with van der Waals surface area (Å²) in [5.41, 5.74) is 0. The van der Waals surface area contributed by atoms with Crippen molar-refractivity contribution in [3.63, 3.8) is 0 Å². The zero-order valence-corrected chi connectivity index (χ0v) is 8.66. The van der Waals surface area contributed by atoms with Gasteiger partial charge in [0.1, 0.15) is 6.10 Å². The van der Waals surface area contributed by atoms with Gasteiger partial charge in [-0.25, -0.2) is 0 Å². The van der Waals surface area contributed by atoms with Gasteiger partial charge in [-0.3, -0.25) is 0 Å². The van der Waals surface area contributed by atoms with Crippen molar-refractivity contribution >= 4 is 0 Å². The first-order chi connectivity index (χ1) is 5.67. The maximum Gasteiger partial charge on any atom is 0.107 e. The van der Waals surface area contributed by atoms with Crippen LogP contribution in [0, 0.1) is 5.92 Å². The lowest BCUT2D eigenvalue weighted by molar-refractivity contribution is -0.0851. The topological polar surface area (TPSA) is 27.7 Å². The summed E-state index contributed by atoms with van der Waals surface area (Å²) in [5.74, 6) is 0.440. The molecule has 0 rings (SSSR count). The second-order valence-electron chi connectivity index (χ2n) is 3.17. The highest BCUT2D eigenvalue weighted by Crippen LogP contribution is 2.12. The summed E-state index contributed by atoms with van der Waals surface area (Å²) in [6.45, 7) is 4.79. The minimum absolute atomic E-state index is 0.0278. The van der Waals surface area contributed by atoms with Crippen molar-refractivity contribution < 1.29 is 14.2 Å². The van der Waals surface area contributed by atoms with E-state index in [9.17, 15) is 0 Å². The van der Waals surface area contributed by atoms with Crippen molar-refractivity contribution in [1.82, 2.24) is 0 Å². The maximum atomic E-state index is 5.31. The van der Waals surface area contributed by atoms with E-state index < -0.39 is 0 Å². The molecular weight excluding hydrogens is 156 g/mol. The molecule has 0 aliphatic rings. The van der Waals surface area contributed by atoms with Crippen molar-refractivity contribution in [2.24, 2.45) is 5.92 Å². The molecule has 0 aromatic rings. The average Bonchev–Trinajstić information content (AvgIpc) is 2.03. The van der Waals surface area contributed by atoms with Crippen LogP contribution in [0.15, 0.2) is 0 Å². The first-order valence-corrected chi connectivity index (χ1v) is 4.21. The van der Waals surface area contributed by atoms with E-state index in [4.69, 9.17) is 14.2 Å².